The highest BCUT2D eigenvalue weighted by molar-refractivity contribution is 5.93. The lowest BCUT2D eigenvalue weighted by atomic mass is 9.83. The predicted octanol–water partition coefficient (Wildman–Crippen LogP) is 2.95. The van der Waals surface area contributed by atoms with E-state index in [0.29, 0.717) is 12.3 Å². The van der Waals surface area contributed by atoms with Gasteiger partial charge in [-0.2, -0.15) is 0 Å². The van der Waals surface area contributed by atoms with Crippen molar-refractivity contribution in [2.24, 2.45) is 0 Å². The van der Waals surface area contributed by atoms with Crippen LogP contribution in [-0.2, 0) is 4.79 Å². The number of rotatable bonds is 5. The lowest BCUT2D eigenvalue weighted by Crippen LogP contribution is -2.47. The van der Waals surface area contributed by atoms with Gasteiger partial charge in [0.25, 0.3) is 0 Å². The van der Waals surface area contributed by atoms with Crippen molar-refractivity contribution >= 4 is 11.6 Å². The standard InChI is InChI=1S/C16H24N2O2/c1-16(10-6-3-7-11-16)17-12-15(19)18-13-8-4-5-9-14(13)20-2/h4-5,8-9,17H,3,6-7,10-12H2,1-2H3,(H,18,19). The first-order chi connectivity index (χ1) is 9.63. The van der Waals surface area contributed by atoms with Gasteiger partial charge in [0.05, 0.1) is 19.3 Å². The third-order valence-corrected chi connectivity index (χ3v) is 4.01. The van der Waals surface area contributed by atoms with E-state index in [1.54, 1.807) is 7.11 Å². The molecule has 1 aliphatic rings. The van der Waals surface area contributed by atoms with Crippen LogP contribution >= 0.6 is 0 Å². The Balaban J connectivity index is 1.86. The van der Waals surface area contributed by atoms with Gasteiger partial charge in [0.15, 0.2) is 0 Å². The SMILES string of the molecule is COc1ccccc1NC(=O)CNC1(C)CCCCC1. The van der Waals surface area contributed by atoms with Crippen LogP contribution in [0.2, 0.25) is 0 Å². The van der Waals surface area contributed by atoms with Gasteiger partial charge in [0, 0.05) is 5.54 Å². The molecule has 1 fully saturated rings. The summed E-state index contributed by atoms with van der Waals surface area (Å²) >= 11 is 0. The van der Waals surface area contributed by atoms with Gasteiger partial charge in [-0.15, -0.1) is 0 Å². The molecule has 0 unspecified atom stereocenters. The summed E-state index contributed by atoms with van der Waals surface area (Å²) in [4.78, 5) is 12.0. The van der Waals surface area contributed by atoms with E-state index in [9.17, 15) is 4.79 Å². The molecule has 20 heavy (non-hydrogen) atoms. The fraction of sp³-hybridized carbons (Fsp3) is 0.562. The Morgan fingerprint density at radius 3 is 2.65 bits per heavy atom. The van der Waals surface area contributed by atoms with Gasteiger partial charge in [0.2, 0.25) is 5.91 Å². The molecule has 0 spiro atoms. The van der Waals surface area contributed by atoms with E-state index in [-0.39, 0.29) is 11.4 Å². The summed E-state index contributed by atoms with van der Waals surface area (Å²) in [5, 5.41) is 6.29. The Morgan fingerprint density at radius 2 is 1.95 bits per heavy atom. The van der Waals surface area contributed by atoms with Crippen LogP contribution in [0.25, 0.3) is 0 Å². The van der Waals surface area contributed by atoms with E-state index in [1.165, 1.54) is 19.3 Å². The third-order valence-electron chi connectivity index (χ3n) is 4.01. The van der Waals surface area contributed by atoms with E-state index in [1.807, 2.05) is 24.3 Å². The molecule has 2 N–H and O–H groups in total. The Kier molecular flexibility index (Phi) is 5.01. The maximum absolute atomic E-state index is 12.0. The van der Waals surface area contributed by atoms with Crippen molar-refractivity contribution in [2.45, 2.75) is 44.6 Å². The fourth-order valence-corrected chi connectivity index (χ4v) is 2.74. The Morgan fingerprint density at radius 1 is 1.25 bits per heavy atom. The van der Waals surface area contributed by atoms with Gasteiger partial charge in [-0.05, 0) is 31.9 Å². The zero-order chi connectivity index (χ0) is 14.4. The average Bonchev–Trinajstić information content (AvgIpc) is 2.47. The van der Waals surface area contributed by atoms with Crippen LogP contribution in [-0.4, -0.2) is 25.1 Å². The van der Waals surface area contributed by atoms with Crippen molar-refractivity contribution in [3.63, 3.8) is 0 Å². The molecule has 0 atom stereocenters. The highest BCUT2D eigenvalue weighted by Gasteiger charge is 2.26. The topological polar surface area (TPSA) is 50.4 Å². The highest BCUT2D eigenvalue weighted by atomic mass is 16.5. The summed E-state index contributed by atoms with van der Waals surface area (Å²) < 4.78 is 5.23. The molecule has 0 bridgehead atoms. The second-order valence-electron chi connectivity index (χ2n) is 5.72. The maximum atomic E-state index is 12.0. The number of anilines is 1. The second kappa shape index (κ2) is 6.75. The maximum Gasteiger partial charge on any atom is 0.238 e. The van der Waals surface area contributed by atoms with Crippen LogP contribution in [0.5, 0.6) is 5.75 Å². The molecule has 0 heterocycles. The third kappa shape index (κ3) is 3.97. The number of para-hydroxylation sites is 2. The molecule has 1 saturated carbocycles. The minimum absolute atomic E-state index is 0.0266. The molecular formula is C16H24N2O2. The Labute approximate surface area is 120 Å². The number of amides is 1. The molecule has 110 valence electrons. The lowest BCUT2D eigenvalue weighted by molar-refractivity contribution is -0.115. The zero-order valence-corrected chi connectivity index (χ0v) is 12.4. The van der Waals surface area contributed by atoms with Crippen molar-refractivity contribution < 1.29 is 9.53 Å². The van der Waals surface area contributed by atoms with Crippen molar-refractivity contribution in [3.8, 4) is 5.75 Å². The van der Waals surface area contributed by atoms with Crippen LogP contribution < -0.4 is 15.4 Å². The Hall–Kier alpha value is -1.55. The van der Waals surface area contributed by atoms with E-state index >= 15 is 0 Å². The van der Waals surface area contributed by atoms with Crippen molar-refractivity contribution in [3.05, 3.63) is 24.3 Å². The van der Waals surface area contributed by atoms with Crippen LogP contribution in [0.3, 0.4) is 0 Å². The number of hydrogen-bond acceptors (Lipinski definition) is 3. The van der Waals surface area contributed by atoms with Crippen LogP contribution in [0.4, 0.5) is 5.69 Å². The molecule has 1 aromatic carbocycles. The summed E-state index contributed by atoms with van der Waals surface area (Å²) in [7, 11) is 1.60. The predicted molar refractivity (Wildman–Crippen MR) is 81.1 cm³/mol. The van der Waals surface area contributed by atoms with Gasteiger partial charge in [-0.1, -0.05) is 31.4 Å². The minimum atomic E-state index is -0.0266. The summed E-state index contributed by atoms with van der Waals surface area (Å²) in [5.41, 5.74) is 0.826. The molecule has 1 amide bonds. The summed E-state index contributed by atoms with van der Waals surface area (Å²) in [6.07, 6.45) is 6.10. The minimum Gasteiger partial charge on any atom is -0.495 e. The van der Waals surface area contributed by atoms with Crippen LogP contribution in [0, 0.1) is 0 Å². The van der Waals surface area contributed by atoms with Crippen molar-refractivity contribution in [1.82, 2.24) is 5.32 Å². The first-order valence-corrected chi connectivity index (χ1v) is 7.31. The lowest BCUT2D eigenvalue weighted by Gasteiger charge is -2.34. The van der Waals surface area contributed by atoms with Gasteiger partial charge in [-0.25, -0.2) is 0 Å². The van der Waals surface area contributed by atoms with Gasteiger partial charge in [-0.3, -0.25) is 4.79 Å². The average molecular weight is 276 g/mol. The van der Waals surface area contributed by atoms with E-state index in [0.717, 1.165) is 18.5 Å². The molecule has 4 heteroatoms. The number of methoxy groups -OCH3 is 1. The number of hydrogen-bond donors (Lipinski definition) is 2. The summed E-state index contributed by atoms with van der Waals surface area (Å²) in [5.74, 6) is 0.658. The number of carbonyl (C=O) groups excluding carboxylic acids is 1. The van der Waals surface area contributed by atoms with Crippen LogP contribution in [0.15, 0.2) is 24.3 Å². The molecule has 1 aromatic rings. The highest BCUT2D eigenvalue weighted by Crippen LogP contribution is 2.27. The number of nitrogens with one attached hydrogen (secondary N) is 2. The smallest absolute Gasteiger partial charge is 0.238 e. The molecule has 0 aromatic heterocycles. The van der Waals surface area contributed by atoms with E-state index in [2.05, 4.69) is 17.6 Å². The normalized spacial score (nSPS) is 17.5. The first-order valence-electron chi connectivity index (χ1n) is 7.31. The van der Waals surface area contributed by atoms with Crippen molar-refractivity contribution in [1.29, 1.82) is 0 Å². The summed E-state index contributed by atoms with van der Waals surface area (Å²) in [6.45, 7) is 2.55. The number of carbonyl (C=O) groups is 1. The monoisotopic (exact) mass is 276 g/mol. The molecule has 1 aliphatic carbocycles. The van der Waals surface area contributed by atoms with Gasteiger partial charge < -0.3 is 15.4 Å². The zero-order valence-electron chi connectivity index (χ0n) is 12.4. The fourth-order valence-electron chi connectivity index (χ4n) is 2.74. The van der Waals surface area contributed by atoms with E-state index < -0.39 is 0 Å². The van der Waals surface area contributed by atoms with Gasteiger partial charge >= 0.3 is 0 Å². The molecule has 0 aliphatic heterocycles. The van der Waals surface area contributed by atoms with Gasteiger partial charge in [0.1, 0.15) is 5.75 Å². The number of ether oxygens (including phenoxy) is 1. The quantitative estimate of drug-likeness (QED) is 0.869. The van der Waals surface area contributed by atoms with Crippen molar-refractivity contribution in [2.75, 3.05) is 19.0 Å². The molecular weight excluding hydrogens is 252 g/mol. The van der Waals surface area contributed by atoms with E-state index in [4.69, 9.17) is 4.74 Å². The summed E-state index contributed by atoms with van der Waals surface area (Å²) in [6, 6.07) is 7.45. The first kappa shape index (κ1) is 14.9. The Bertz CT molecular complexity index is 454. The number of benzene rings is 1. The molecule has 4 nitrogen and oxygen atoms in total. The largest absolute Gasteiger partial charge is 0.495 e. The van der Waals surface area contributed by atoms with Crippen LogP contribution in [0.1, 0.15) is 39.0 Å². The molecule has 0 saturated heterocycles. The second-order valence-corrected chi connectivity index (χ2v) is 5.72. The molecule has 0 radical (unpaired) electrons. The molecule has 2 rings (SSSR count).